The summed E-state index contributed by atoms with van der Waals surface area (Å²) >= 11 is 9.02. The maximum Gasteiger partial charge on any atom is 0.147 e. The molecule has 2 rings (SSSR count). The van der Waals surface area contributed by atoms with E-state index in [4.69, 9.17) is 11.6 Å². The van der Waals surface area contributed by atoms with E-state index in [-0.39, 0.29) is 11.6 Å². The lowest BCUT2D eigenvalue weighted by molar-refractivity contribution is 0.469. The topological polar surface area (TPSA) is 32.3 Å². The largest absolute Gasteiger partial charge is 0.508 e. The zero-order chi connectivity index (χ0) is 13.1. The van der Waals surface area contributed by atoms with E-state index in [2.05, 4.69) is 21.2 Å². The predicted molar refractivity (Wildman–Crippen MR) is 74.5 cm³/mol. The first-order valence-corrected chi connectivity index (χ1v) is 6.39. The molecule has 0 fully saturated rings. The van der Waals surface area contributed by atoms with Crippen molar-refractivity contribution in [2.45, 2.75) is 6.54 Å². The van der Waals surface area contributed by atoms with E-state index in [0.717, 1.165) is 0 Å². The summed E-state index contributed by atoms with van der Waals surface area (Å²) in [4.78, 5) is 0. The van der Waals surface area contributed by atoms with Gasteiger partial charge in [-0.2, -0.15) is 0 Å². The average molecular weight is 331 g/mol. The molecule has 5 heteroatoms. The molecule has 0 aliphatic heterocycles. The molecule has 2 aromatic carbocycles. The first kappa shape index (κ1) is 13.2. The van der Waals surface area contributed by atoms with Crippen LogP contribution >= 0.6 is 27.5 Å². The number of aromatic hydroxyl groups is 1. The van der Waals surface area contributed by atoms with E-state index in [0.29, 0.717) is 27.3 Å². The number of rotatable bonds is 3. The first-order chi connectivity index (χ1) is 8.56. The summed E-state index contributed by atoms with van der Waals surface area (Å²) in [6.07, 6.45) is 0. The summed E-state index contributed by atoms with van der Waals surface area (Å²) in [5, 5.41) is 13.1. The van der Waals surface area contributed by atoms with Gasteiger partial charge in [-0.05, 0) is 36.4 Å². The van der Waals surface area contributed by atoms with Gasteiger partial charge >= 0.3 is 0 Å². The van der Waals surface area contributed by atoms with Crippen LogP contribution in [0, 0.1) is 5.82 Å². The van der Waals surface area contributed by atoms with Gasteiger partial charge < -0.3 is 10.4 Å². The van der Waals surface area contributed by atoms with Gasteiger partial charge in [-0.15, -0.1) is 0 Å². The van der Waals surface area contributed by atoms with Crippen LogP contribution in [-0.4, -0.2) is 5.11 Å². The number of halogens is 3. The number of hydrogen-bond donors (Lipinski definition) is 2. The summed E-state index contributed by atoms with van der Waals surface area (Å²) in [7, 11) is 0. The fourth-order valence-corrected chi connectivity index (χ4v) is 2.05. The number of phenolic OH excluding ortho intramolecular Hbond substituents is 1. The summed E-state index contributed by atoms with van der Waals surface area (Å²) in [6, 6.07) is 9.49. The summed E-state index contributed by atoms with van der Waals surface area (Å²) in [5.74, 6) is -0.227. The van der Waals surface area contributed by atoms with Crippen LogP contribution in [0.2, 0.25) is 5.02 Å². The predicted octanol–water partition coefficient (Wildman–Crippen LogP) is 4.56. The maximum absolute atomic E-state index is 13.6. The Bertz CT molecular complexity index is 577. The fraction of sp³-hybridized carbons (Fsp3) is 0.0769. The third-order valence-electron chi connectivity index (χ3n) is 2.44. The van der Waals surface area contributed by atoms with Gasteiger partial charge in [0.25, 0.3) is 0 Å². The highest BCUT2D eigenvalue weighted by atomic mass is 79.9. The second-order valence-corrected chi connectivity index (χ2v) is 5.10. The molecule has 0 saturated carbocycles. The third-order valence-corrected chi connectivity index (χ3v) is 3.17. The number of hydrogen-bond acceptors (Lipinski definition) is 2. The third kappa shape index (κ3) is 3.15. The molecule has 0 radical (unpaired) electrons. The lowest BCUT2D eigenvalue weighted by Crippen LogP contribution is -2.01. The molecule has 2 nitrogen and oxygen atoms in total. The SMILES string of the molecule is Oc1ccc(Cl)cc1CNc1ccc(Br)cc1F. The van der Waals surface area contributed by atoms with E-state index < -0.39 is 0 Å². The summed E-state index contributed by atoms with van der Waals surface area (Å²) in [6.45, 7) is 0.297. The minimum Gasteiger partial charge on any atom is -0.508 e. The number of anilines is 1. The zero-order valence-corrected chi connectivity index (χ0v) is 11.6. The molecule has 0 aromatic heterocycles. The van der Waals surface area contributed by atoms with Crippen molar-refractivity contribution < 1.29 is 9.50 Å². The molecule has 0 unspecified atom stereocenters. The molecule has 0 saturated heterocycles. The highest BCUT2D eigenvalue weighted by Crippen LogP contribution is 2.24. The molecule has 0 amide bonds. The van der Waals surface area contributed by atoms with Crippen LogP contribution in [0.4, 0.5) is 10.1 Å². The molecular formula is C13H10BrClFNO. The highest BCUT2D eigenvalue weighted by molar-refractivity contribution is 9.10. The number of phenols is 1. The minimum absolute atomic E-state index is 0.129. The molecule has 0 aliphatic rings. The van der Waals surface area contributed by atoms with E-state index >= 15 is 0 Å². The lowest BCUT2D eigenvalue weighted by Gasteiger charge is -2.09. The van der Waals surface area contributed by atoms with E-state index in [1.54, 1.807) is 24.3 Å². The molecule has 18 heavy (non-hydrogen) atoms. The van der Waals surface area contributed by atoms with E-state index in [1.807, 2.05) is 0 Å². The van der Waals surface area contributed by atoms with Crippen LogP contribution < -0.4 is 5.32 Å². The van der Waals surface area contributed by atoms with Gasteiger partial charge in [-0.3, -0.25) is 0 Å². The monoisotopic (exact) mass is 329 g/mol. The summed E-state index contributed by atoms with van der Waals surface area (Å²) < 4.78 is 14.2. The van der Waals surface area contributed by atoms with Crippen LogP contribution in [0.3, 0.4) is 0 Å². The van der Waals surface area contributed by atoms with Crippen molar-refractivity contribution >= 4 is 33.2 Å². The maximum atomic E-state index is 13.6. The van der Waals surface area contributed by atoms with Gasteiger partial charge in [0.2, 0.25) is 0 Å². The molecule has 0 aliphatic carbocycles. The Morgan fingerprint density at radius 2 is 2.00 bits per heavy atom. The molecule has 2 aromatic rings. The Labute approximate surface area is 118 Å². The Kier molecular flexibility index (Phi) is 4.09. The molecule has 0 bridgehead atoms. The average Bonchev–Trinajstić information content (AvgIpc) is 2.32. The standard InChI is InChI=1S/C13H10BrClFNO/c14-9-1-3-12(11(16)6-9)17-7-8-5-10(15)2-4-13(8)18/h1-6,17-18H,7H2. The Balaban J connectivity index is 2.13. The van der Waals surface area contributed by atoms with Gasteiger partial charge in [-0.1, -0.05) is 27.5 Å². The Morgan fingerprint density at radius 3 is 2.72 bits per heavy atom. The van der Waals surface area contributed by atoms with Crippen LogP contribution in [-0.2, 0) is 6.54 Å². The van der Waals surface area contributed by atoms with Crippen LogP contribution in [0.15, 0.2) is 40.9 Å². The van der Waals surface area contributed by atoms with Gasteiger partial charge in [0, 0.05) is 21.6 Å². The van der Waals surface area contributed by atoms with Crippen molar-refractivity contribution in [2.24, 2.45) is 0 Å². The lowest BCUT2D eigenvalue weighted by atomic mass is 10.2. The van der Waals surface area contributed by atoms with Crippen LogP contribution in [0.5, 0.6) is 5.75 Å². The van der Waals surface area contributed by atoms with Crippen LogP contribution in [0.25, 0.3) is 0 Å². The van der Waals surface area contributed by atoms with Crippen molar-refractivity contribution in [3.05, 3.63) is 57.3 Å². The van der Waals surface area contributed by atoms with Crippen molar-refractivity contribution in [3.63, 3.8) is 0 Å². The first-order valence-electron chi connectivity index (χ1n) is 5.22. The Hall–Kier alpha value is -1.26. The fourth-order valence-electron chi connectivity index (χ4n) is 1.52. The quantitative estimate of drug-likeness (QED) is 0.864. The highest BCUT2D eigenvalue weighted by Gasteiger charge is 2.05. The summed E-state index contributed by atoms with van der Waals surface area (Å²) in [5.41, 5.74) is 0.988. The second-order valence-electron chi connectivity index (χ2n) is 3.75. The smallest absolute Gasteiger partial charge is 0.147 e. The second kappa shape index (κ2) is 5.59. The van der Waals surface area contributed by atoms with Gasteiger partial charge in [-0.25, -0.2) is 4.39 Å². The molecule has 0 heterocycles. The van der Waals surface area contributed by atoms with Gasteiger partial charge in [0.05, 0.1) is 5.69 Å². The van der Waals surface area contributed by atoms with E-state index in [1.165, 1.54) is 12.1 Å². The molecule has 2 N–H and O–H groups in total. The van der Waals surface area contributed by atoms with E-state index in [9.17, 15) is 9.50 Å². The Morgan fingerprint density at radius 1 is 1.22 bits per heavy atom. The van der Waals surface area contributed by atoms with Crippen molar-refractivity contribution in [1.82, 2.24) is 0 Å². The molecule has 94 valence electrons. The molecule has 0 spiro atoms. The molecular weight excluding hydrogens is 321 g/mol. The number of benzene rings is 2. The number of nitrogens with one attached hydrogen (secondary N) is 1. The van der Waals surface area contributed by atoms with Gasteiger partial charge in [0.1, 0.15) is 11.6 Å². The van der Waals surface area contributed by atoms with Gasteiger partial charge in [0.15, 0.2) is 0 Å². The minimum atomic E-state index is -0.356. The van der Waals surface area contributed by atoms with Crippen molar-refractivity contribution in [1.29, 1.82) is 0 Å². The zero-order valence-electron chi connectivity index (χ0n) is 9.25. The van der Waals surface area contributed by atoms with Crippen molar-refractivity contribution in [3.8, 4) is 5.75 Å². The normalized spacial score (nSPS) is 10.4. The molecule has 0 atom stereocenters. The van der Waals surface area contributed by atoms with Crippen molar-refractivity contribution in [2.75, 3.05) is 5.32 Å². The van der Waals surface area contributed by atoms with Crippen LogP contribution in [0.1, 0.15) is 5.56 Å².